The normalized spacial score (nSPS) is 12.5. The molecular formula is C9H9F2NO3. The molecule has 0 radical (unpaired) electrons. The Bertz CT molecular complexity index is 372. The zero-order valence-electron chi connectivity index (χ0n) is 7.58. The fraction of sp³-hybridized carbons (Fsp3) is 0.222. The number of carbonyl (C=O) groups is 1. The number of phenols is 1. The van der Waals surface area contributed by atoms with Crippen LogP contribution in [-0.4, -0.2) is 22.2 Å². The van der Waals surface area contributed by atoms with Gasteiger partial charge in [-0.3, -0.25) is 4.79 Å². The Hall–Kier alpha value is -1.69. The van der Waals surface area contributed by atoms with E-state index in [-0.39, 0.29) is 12.0 Å². The highest BCUT2D eigenvalue weighted by molar-refractivity contribution is 5.73. The third-order valence-electron chi connectivity index (χ3n) is 1.85. The van der Waals surface area contributed by atoms with Gasteiger partial charge in [0.25, 0.3) is 0 Å². The van der Waals surface area contributed by atoms with Crippen molar-refractivity contribution >= 4 is 5.97 Å². The molecule has 0 spiro atoms. The minimum absolute atomic E-state index is 0.0812. The molecule has 0 amide bonds. The molecule has 6 heteroatoms. The second-order valence-electron chi connectivity index (χ2n) is 3.06. The lowest BCUT2D eigenvalue weighted by molar-refractivity contribution is -0.138. The summed E-state index contributed by atoms with van der Waals surface area (Å²) in [5.41, 5.74) is 5.26. The first-order valence-corrected chi connectivity index (χ1v) is 4.07. The van der Waals surface area contributed by atoms with Crippen molar-refractivity contribution < 1.29 is 23.8 Å². The lowest BCUT2D eigenvalue weighted by Gasteiger charge is -2.07. The van der Waals surface area contributed by atoms with Crippen LogP contribution in [-0.2, 0) is 11.2 Å². The molecule has 0 aliphatic rings. The molecule has 1 aromatic carbocycles. The topological polar surface area (TPSA) is 83.5 Å². The number of halogens is 2. The predicted molar refractivity (Wildman–Crippen MR) is 47.3 cm³/mol. The summed E-state index contributed by atoms with van der Waals surface area (Å²) < 4.78 is 25.6. The number of aliphatic carboxylic acids is 1. The summed E-state index contributed by atoms with van der Waals surface area (Å²) in [6.07, 6.45) is -0.205. The quantitative estimate of drug-likeness (QED) is 0.693. The van der Waals surface area contributed by atoms with E-state index in [0.29, 0.717) is 0 Å². The third-order valence-corrected chi connectivity index (χ3v) is 1.85. The van der Waals surface area contributed by atoms with Gasteiger partial charge < -0.3 is 15.9 Å². The summed E-state index contributed by atoms with van der Waals surface area (Å²) in [5.74, 6) is -4.61. The highest BCUT2D eigenvalue weighted by Gasteiger charge is 2.15. The number of nitrogens with two attached hydrogens (primary N) is 1. The second-order valence-corrected chi connectivity index (χ2v) is 3.06. The highest BCUT2D eigenvalue weighted by atomic mass is 19.1. The molecule has 1 atom stereocenters. The van der Waals surface area contributed by atoms with E-state index in [4.69, 9.17) is 15.9 Å². The summed E-state index contributed by atoms with van der Waals surface area (Å²) in [6, 6.07) is 0.468. The zero-order chi connectivity index (χ0) is 11.6. The fourth-order valence-corrected chi connectivity index (χ4v) is 1.08. The molecule has 4 nitrogen and oxygen atoms in total. The maximum absolute atomic E-state index is 12.8. The van der Waals surface area contributed by atoms with Crippen LogP contribution in [0.1, 0.15) is 5.56 Å². The maximum Gasteiger partial charge on any atom is 0.320 e. The number of carboxylic acids is 1. The first kappa shape index (κ1) is 11.4. The molecule has 0 fully saturated rings. The van der Waals surface area contributed by atoms with Crippen molar-refractivity contribution in [2.75, 3.05) is 0 Å². The Morgan fingerprint density at radius 3 is 2.27 bits per heavy atom. The van der Waals surface area contributed by atoms with Crippen LogP contribution in [0, 0.1) is 11.6 Å². The van der Waals surface area contributed by atoms with Gasteiger partial charge in [-0.1, -0.05) is 0 Å². The second kappa shape index (κ2) is 4.22. The Labute approximate surface area is 83.9 Å². The van der Waals surface area contributed by atoms with Crippen molar-refractivity contribution in [3.05, 3.63) is 29.3 Å². The minimum Gasteiger partial charge on any atom is -0.503 e. The van der Waals surface area contributed by atoms with Crippen LogP contribution >= 0.6 is 0 Å². The van der Waals surface area contributed by atoms with E-state index in [0.717, 1.165) is 12.1 Å². The largest absolute Gasteiger partial charge is 0.503 e. The zero-order valence-corrected chi connectivity index (χ0v) is 7.58. The van der Waals surface area contributed by atoms with Crippen LogP contribution in [0.4, 0.5) is 8.78 Å². The van der Waals surface area contributed by atoms with Crippen molar-refractivity contribution in [2.45, 2.75) is 12.5 Å². The summed E-state index contributed by atoms with van der Waals surface area (Å²) in [5, 5.41) is 17.3. The summed E-state index contributed by atoms with van der Waals surface area (Å²) in [7, 11) is 0. The molecule has 0 saturated carbocycles. The molecule has 0 bridgehead atoms. The van der Waals surface area contributed by atoms with Gasteiger partial charge >= 0.3 is 5.97 Å². The smallest absolute Gasteiger partial charge is 0.320 e. The number of hydrogen-bond donors (Lipinski definition) is 3. The van der Waals surface area contributed by atoms with Crippen molar-refractivity contribution in [2.24, 2.45) is 5.73 Å². The summed E-state index contributed by atoms with van der Waals surface area (Å²) in [4.78, 5) is 10.4. The molecule has 82 valence electrons. The SMILES string of the molecule is N[C@H](Cc1cc(F)c(O)c(F)c1)C(=O)O. The number of benzene rings is 1. The molecule has 0 saturated heterocycles. The number of phenolic OH excluding ortho intramolecular Hbond substituents is 1. The molecule has 4 N–H and O–H groups in total. The summed E-state index contributed by atoms with van der Waals surface area (Å²) in [6.45, 7) is 0. The van der Waals surface area contributed by atoms with E-state index in [2.05, 4.69) is 0 Å². The summed E-state index contributed by atoms with van der Waals surface area (Å²) >= 11 is 0. The first-order chi connectivity index (χ1) is 6.91. The van der Waals surface area contributed by atoms with E-state index < -0.39 is 29.4 Å². The predicted octanol–water partition coefficient (Wildman–Crippen LogP) is 0.625. The fourth-order valence-electron chi connectivity index (χ4n) is 1.08. The van der Waals surface area contributed by atoms with Gasteiger partial charge in [0.05, 0.1) is 0 Å². The molecule has 15 heavy (non-hydrogen) atoms. The van der Waals surface area contributed by atoms with E-state index in [1.165, 1.54) is 0 Å². The number of aromatic hydroxyl groups is 1. The lowest BCUT2D eigenvalue weighted by atomic mass is 10.1. The molecule has 0 heterocycles. The van der Waals surface area contributed by atoms with Crippen molar-refractivity contribution in [3.63, 3.8) is 0 Å². The Morgan fingerprint density at radius 1 is 1.40 bits per heavy atom. The van der Waals surface area contributed by atoms with Crippen LogP contribution in [0.3, 0.4) is 0 Å². The van der Waals surface area contributed by atoms with Crippen molar-refractivity contribution in [3.8, 4) is 5.75 Å². The van der Waals surface area contributed by atoms with E-state index in [1.807, 2.05) is 0 Å². The average molecular weight is 217 g/mol. The van der Waals surface area contributed by atoms with Gasteiger partial charge in [0.1, 0.15) is 6.04 Å². The molecule has 1 rings (SSSR count). The van der Waals surface area contributed by atoms with Gasteiger partial charge in [0.2, 0.25) is 0 Å². The van der Waals surface area contributed by atoms with Gasteiger partial charge in [-0.05, 0) is 24.1 Å². The van der Waals surface area contributed by atoms with Crippen molar-refractivity contribution in [1.82, 2.24) is 0 Å². The molecule has 0 aliphatic carbocycles. The molecular weight excluding hydrogens is 208 g/mol. The van der Waals surface area contributed by atoms with Gasteiger partial charge in [0, 0.05) is 0 Å². The Kier molecular flexibility index (Phi) is 3.21. The van der Waals surface area contributed by atoms with E-state index in [9.17, 15) is 13.6 Å². The molecule has 0 unspecified atom stereocenters. The monoisotopic (exact) mass is 217 g/mol. The van der Waals surface area contributed by atoms with Gasteiger partial charge in [-0.2, -0.15) is 0 Å². The number of carboxylic acid groups (broad SMARTS) is 1. The first-order valence-electron chi connectivity index (χ1n) is 4.07. The number of hydrogen-bond acceptors (Lipinski definition) is 3. The van der Waals surface area contributed by atoms with Crippen LogP contribution in [0.5, 0.6) is 5.75 Å². The van der Waals surface area contributed by atoms with Crippen LogP contribution in [0.15, 0.2) is 12.1 Å². The molecule has 0 aromatic heterocycles. The van der Waals surface area contributed by atoms with Crippen LogP contribution < -0.4 is 5.73 Å². The Balaban J connectivity index is 2.92. The van der Waals surface area contributed by atoms with Crippen LogP contribution in [0.25, 0.3) is 0 Å². The molecule has 0 aliphatic heterocycles. The minimum atomic E-state index is -1.26. The van der Waals surface area contributed by atoms with E-state index in [1.54, 1.807) is 0 Å². The van der Waals surface area contributed by atoms with Crippen LogP contribution in [0.2, 0.25) is 0 Å². The van der Waals surface area contributed by atoms with E-state index >= 15 is 0 Å². The van der Waals surface area contributed by atoms with Gasteiger partial charge in [-0.15, -0.1) is 0 Å². The van der Waals surface area contributed by atoms with Crippen molar-refractivity contribution in [1.29, 1.82) is 0 Å². The average Bonchev–Trinajstić information content (AvgIpc) is 2.13. The van der Waals surface area contributed by atoms with Gasteiger partial charge in [0.15, 0.2) is 17.4 Å². The maximum atomic E-state index is 12.8. The molecule has 1 aromatic rings. The van der Waals surface area contributed by atoms with Gasteiger partial charge in [-0.25, -0.2) is 8.78 Å². The number of rotatable bonds is 3. The highest BCUT2D eigenvalue weighted by Crippen LogP contribution is 2.21. The standard InChI is InChI=1S/C9H9F2NO3/c10-5-1-4(2-6(11)8(5)13)3-7(12)9(14)15/h1-2,7,13H,3,12H2,(H,14,15)/t7-/m1/s1. The Morgan fingerprint density at radius 2 is 1.87 bits per heavy atom. The third kappa shape index (κ3) is 2.63. The lowest BCUT2D eigenvalue weighted by Crippen LogP contribution is -2.32.